The lowest BCUT2D eigenvalue weighted by molar-refractivity contribution is 0.722. The first-order chi connectivity index (χ1) is 9.04. The molecule has 0 radical (unpaired) electrons. The van der Waals surface area contributed by atoms with Crippen molar-refractivity contribution < 1.29 is 0 Å². The van der Waals surface area contributed by atoms with E-state index < -0.39 is 0 Å². The summed E-state index contributed by atoms with van der Waals surface area (Å²) in [5.41, 5.74) is 3.00. The second-order valence-corrected chi connectivity index (χ2v) is 5.51. The highest BCUT2D eigenvalue weighted by atomic mass is 79.9. The molecule has 19 heavy (non-hydrogen) atoms. The minimum Gasteiger partial charge on any atom is -0.313 e. The Hall–Kier alpha value is -0.910. The molecular formula is C13H16BrClN4. The Morgan fingerprint density at radius 3 is 2.74 bits per heavy atom. The molecule has 0 unspecified atom stereocenters. The first kappa shape index (κ1) is 14.5. The van der Waals surface area contributed by atoms with Crippen molar-refractivity contribution in [2.24, 2.45) is 0 Å². The van der Waals surface area contributed by atoms with Gasteiger partial charge in [-0.05, 0) is 48.0 Å². The molecule has 4 nitrogen and oxygen atoms in total. The fourth-order valence-electron chi connectivity index (χ4n) is 1.83. The zero-order chi connectivity index (χ0) is 14.0. The zero-order valence-electron chi connectivity index (χ0n) is 11.2. The second-order valence-electron chi connectivity index (χ2n) is 4.31. The Morgan fingerprint density at radius 1 is 1.42 bits per heavy atom. The molecule has 2 aromatic rings. The van der Waals surface area contributed by atoms with Crippen LogP contribution in [0.1, 0.15) is 23.9 Å². The van der Waals surface area contributed by atoms with Gasteiger partial charge in [-0.25, -0.2) is 9.67 Å². The second kappa shape index (κ2) is 6.03. The van der Waals surface area contributed by atoms with Crippen molar-refractivity contribution in [1.29, 1.82) is 0 Å². The zero-order valence-corrected chi connectivity index (χ0v) is 13.5. The SMILES string of the molecule is CCNCc1cc(-n2nc(C)c(Br)c2C)ncc1Cl. The van der Waals surface area contributed by atoms with Crippen LogP contribution in [0.4, 0.5) is 0 Å². The van der Waals surface area contributed by atoms with Crippen molar-refractivity contribution in [2.45, 2.75) is 27.3 Å². The lowest BCUT2D eigenvalue weighted by Crippen LogP contribution is -2.13. The van der Waals surface area contributed by atoms with Crippen molar-refractivity contribution in [3.63, 3.8) is 0 Å². The monoisotopic (exact) mass is 342 g/mol. The van der Waals surface area contributed by atoms with E-state index in [0.717, 1.165) is 40.3 Å². The topological polar surface area (TPSA) is 42.7 Å². The van der Waals surface area contributed by atoms with Crippen molar-refractivity contribution in [3.05, 3.63) is 38.7 Å². The number of rotatable bonds is 4. The highest BCUT2D eigenvalue weighted by Gasteiger charge is 2.12. The molecule has 2 rings (SSSR count). The van der Waals surface area contributed by atoms with E-state index in [1.54, 1.807) is 6.20 Å². The Bertz CT molecular complexity index is 595. The summed E-state index contributed by atoms with van der Waals surface area (Å²) in [5, 5.41) is 8.41. The van der Waals surface area contributed by atoms with E-state index in [2.05, 4.69) is 38.3 Å². The lowest BCUT2D eigenvalue weighted by atomic mass is 10.2. The smallest absolute Gasteiger partial charge is 0.154 e. The van der Waals surface area contributed by atoms with E-state index in [0.29, 0.717) is 5.02 Å². The fourth-order valence-corrected chi connectivity index (χ4v) is 2.24. The van der Waals surface area contributed by atoms with E-state index in [1.807, 2.05) is 24.6 Å². The first-order valence-electron chi connectivity index (χ1n) is 6.11. The summed E-state index contributed by atoms with van der Waals surface area (Å²) in [6.45, 7) is 7.66. The van der Waals surface area contributed by atoms with E-state index in [1.165, 1.54) is 0 Å². The van der Waals surface area contributed by atoms with Gasteiger partial charge in [-0.1, -0.05) is 18.5 Å². The lowest BCUT2D eigenvalue weighted by Gasteiger charge is -2.08. The van der Waals surface area contributed by atoms with Crippen LogP contribution in [0.5, 0.6) is 0 Å². The Morgan fingerprint density at radius 2 is 2.16 bits per heavy atom. The normalized spacial score (nSPS) is 11.0. The molecule has 0 amide bonds. The maximum absolute atomic E-state index is 6.15. The largest absolute Gasteiger partial charge is 0.313 e. The average molecular weight is 344 g/mol. The molecule has 0 aromatic carbocycles. The summed E-state index contributed by atoms with van der Waals surface area (Å²) in [6.07, 6.45) is 1.67. The average Bonchev–Trinajstić information content (AvgIpc) is 2.66. The van der Waals surface area contributed by atoms with Crippen molar-refractivity contribution >= 4 is 27.5 Å². The summed E-state index contributed by atoms with van der Waals surface area (Å²) in [4.78, 5) is 4.35. The number of aryl methyl sites for hydroxylation is 1. The van der Waals surface area contributed by atoms with E-state index in [-0.39, 0.29) is 0 Å². The summed E-state index contributed by atoms with van der Waals surface area (Å²) in [5.74, 6) is 0.781. The number of pyridine rings is 1. The molecule has 1 N–H and O–H groups in total. The minimum atomic E-state index is 0.672. The van der Waals surface area contributed by atoms with Gasteiger partial charge in [-0.15, -0.1) is 0 Å². The molecule has 0 saturated carbocycles. The molecule has 0 bridgehead atoms. The maximum Gasteiger partial charge on any atom is 0.154 e. The van der Waals surface area contributed by atoms with Crippen LogP contribution in [-0.2, 0) is 6.54 Å². The number of nitrogens with zero attached hydrogens (tertiary/aromatic N) is 3. The van der Waals surface area contributed by atoms with E-state index in [4.69, 9.17) is 11.6 Å². The van der Waals surface area contributed by atoms with Gasteiger partial charge >= 0.3 is 0 Å². The van der Waals surface area contributed by atoms with Gasteiger partial charge in [0.15, 0.2) is 5.82 Å². The van der Waals surface area contributed by atoms with Gasteiger partial charge in [0.1, 0.15) is 0 Å². The van der Waals surface area contributed by atoms with E-state index >= 15 is 0 Å². The first-order valence-corrected chi connectivity index (χ1v) is 7.29. The molecule has 0 aliphatic rings. The number of halogens is 2. The molecule has 0 atom stereocenters. The predicted molar refractivity (Wildman–Crippen MR) is 80.9 cm³/mol. The molecule has 0 aliphatic heterocycles. The number of aromatic nitrogens is 3. The van der Waals surface area contributed by atoms with Crippen LogP contribution in [0.15, 0.2) is 16.7 Å². The summed E-state index contributed by atoms with van der Waals surface area (Å²) in [6, 6.07) is 1.97. The van der Waals surface area contributed by atoms with Crippen LogP contribution >= 0.6 is 27.5 Å². The molecule has 102 valence electrons. The summed E-state index contributed by atoms with van der Waals surface area (Å²) in [7, 11) is 0. The van der Waals surface area contributed by atoms with Crippen molar-refractivity contribution in [1.82, 2.24) is 20.1 Å². The number of hydrogen-bond acceptors (Lipinski definition) is 3. The summed E-state index contributed by atoms with van der Waals surface area (Å²) < 4.78 is 2.84. The molecule has 2 aromatic heterocycles. The van der Waals surface area contributed by atoms with Gasteiger partial charge in [-0.3, -0.25) is 0 Å². The quantitative estimate of drug-likeness (QED) is 0.925. The number of nitrogens with one attached hydrogen (secondary N) is 1. The van der Waals surface area contributed by atoms with Gasteiger partial charge in [-0.2, -0.15) is 5.10 Å². The Labute approximate surface area is 126 Å². The third-order valence-corrected chi connectivity index (χ3v) is 4.39. The van der Waals surface area contributed by atoms with Crippen LogP contribution in [-0.4, -0.2) is 21.3 Å². The van der Waals surface area contributed by atoms with Gasteiger partial charge in [0.2, 0.25) is 0 Å². The molecule has 0 aliphatic carbocycles. The fraction of sp³-hybridized carbons (Fsp3) is 0.385. The molecule has 0 spiro atoms. The van der Waals surface area contributed by atoms with Crippen LogP contribution in [0.25, 0.3) is 5.82 Å². The highest BCUT2D eigenvalue weighted by molar-refractivity contribution is 9.10. The molecule has 0 saturated heterocycles. The Balaban J connectivity index is 2.42. The van der Waals surface area contributed by atoms with Gasteiger partial charge in [0.25, 0.3) is 0 Å². The van der Waals surface area contributed by atoms with Crippen LogP contribution in [0.2, 0.25) is 5.02 Å². The molecule has 6 heteroatoms. The van der Waals surface area contributed by atoms with Crippen LogP contribution < -0.4 is 5.32 Å². The van der Waals surface area contributed by atoms with Gasteiger partial charge in [0, 0.05) is 12.7 Å². The van der Waals surface area contributed by atoms with Crippen molar-refractivity contribution in [3.8, 4) is 5.82 Å². The van der Waals surface area contributed by atoms with Crippen LogP contribution in [0, 0.1) is 13.8 Å². The standard InChI is InChI=1S/C13H16BrClN4/c1-4-16-6-10-5-12(17-7-11(10)15)19-9(3)13(14)8(2)18-19/h5,7,16H,4,6H2,1-3H3. The molecule has 0 fully saturated rings. The third-order valence-electron chi connectivity index (χ3n) is 2.91. The van der Waals surface area contributed by atoms with E-state index in [9.17, 15) is 0 Å². The highest BCUT2D eigenvalue weighted by Crippen LogP contribution is 2.24. The van der Waals surface area contributed by atoms with Gasteiger partial charge in [0.05, 0.1) is 20.9 Å². The predicted octanol–water partition coefficient (Wildman–Crippen LogP) is 3.41. The third kappa shape index (κ3) is 2.99. The molecule has 2 heterocycles. The number of hydrogen-bond donors (Lipinski definition) is 1. The molecular weight excluding hydrogens is 328 g/mol. The Kier molecular flexibility index (Phi) is 4.60. The minimum absolute atomic E-state index is 0.672. The van der Waals surface area contributed by atoms with Crippen molar-refractivity contribution in [2.75, 3.05) is 6.54 Å². The summed E-state index contributed by atoms with van der Waals surface area (Å²) >= 11 is 9.68. The van der Waals surface area contributed by atoms with Gasteiger partial charge < -0.3 is 5.32 Å². The maximum atomic E-state index is 6.15. The van der Waals surface area contributed by atoms with Crippen LogP contribution in [0.3, 0.4) is 0 Å².